The standard InChI is InChI=1S/C15H20N2OS/c1-2-6-12(5-1)11-16-9-10-19-15-17-13-7-3-4-8-14(13)18-15/h3-4,7-8,12,16H,1-2,5-6,9-11H2. The summed E-state index contributed by atoms with van der Waals surface area (Å²) in [6, 6.07) is 7.92. The van der Waals surface area contributed by atoms with E-state index in [0.29, 0.717) is 0 Å². The number of nitrogens with zero attached hydrogens (tertiary/aromatic N) is 1. The Morgan fingerprint density at radius 3 is 2.95 bits per heavy atom. The Morgan fingerprint density at radius 2 is 2.11 bits per heavy atom. The van der Waals surface area contributed by atoms with Crippen molar-refractivity contribution in [3.63, 3.8) is 0 Å². The number of rotatable bonds is 6. The number of fused-ring (bicyclic) bond motifs is 1. The molecule has 4 heteroatoms. The molecule has 1 heterocycles. The van der Waals surface area contributed by atoms with Crippen LogP contribution in [0.4, 0.5) is 0 Å². The van der Waals surface area contributed by atoms with Gasteiger partial charge >= 0.3 is 0 Å². The zero-order valence-corrected chi connectivity index (χ0v) is 11.9. The van der Waals surface area contributed by atoms with Crippen molar-refractivity contribution in [1.82, 2.24) is 10.3 Å². The van der Waals surface area contributed by atoms with E-state index in [1.54, 1.807) is 11.8 Å². The summed E-state index contributed by atoms with van der Waals surface area (Å²) in [7, 11) is 0. The van der Waals surface area contributed by atoms with Gasteiger partial charge in [0, 0.05) is 12.3 Å². The lowest BCUT2D eigenvalue weighted by atomic mass is 10.1. The lowest BCUT2D eigenvalue weighted by Crippen LogP contribution is -2.23. The first kappa shape index (κ1) is 13.0. The summed E-state index contributed by atoms with van der Waals surface area (Å²) < 4.78 is 5.67. The second-order valence-corrected chi connectivity index (χ2v) is 6.20. The maximum absolute atomic E-state index is 5.67. The monoisotopic (exact) mass is 276 g/mol. The largest absolute Gasteiger partial charge is 0.431 e. The van der Waals surface area contributed by atoms with Crippen LogP contribution in [-0.2, 0) is 0 Å². The number of oxazole rings is 1. The van der Waals surface area contributed by atoms with Gasteiger partial charge in [0.15, 0.2) is 5.58 Å². The van der Waals surface area contributed by atoms with Crippen molar-refractivity contribution < 1.29 is 4.42 Å². The van der Waals surface area contributed by atoms with Crippen LogP contribution < -0.4 is 5.32 Å². The summed E-state index contributed by atoms with van der Waals surface area (Å²) in [5.41, 5.74) is 1.83. The topological polar surface area (TPSA) is 38.1 Å². The molecule has 1 aromatic heterocycles. The average molecular weight is 276 g/mol. The average Bonchev–Trinajstić information content (AvgIpc) is 3.06. The summed E-state index contributed by atoms with van der Waals surface area (Å²) in [6.07, 6.45) is 5.66. The van der Waals surface area contributed by atoms with Gasteiger partial charge in [-0.15, -0.1) is 0 Å². The molecule has 0 atom stereocenters. The maximum Gasteiger partial charge on any atom is 0.256 e. The SMILES string of the molecule is c1ccc2oc(SCCNCC3CCCC3)nc2c1. The summed E-state index contributed by atoms with van der Waals surface area (Å²) in [5, 5.41) is 4.32. The van der Waals surface area contributed by atoms with Crippen LogP contribution in [0.2, 0.25) is 0 Å². The van der Waals surface area contributed by atoms with Crippen molar-refractivity contribution in [2.24, 2.45) is 5.92 Å². The van der Waals surface area contributed by atoms with E-state index in [2.05, 4.69) is 10.3 Å². The predicted octanol–water partition coefficient (Wildman–Crippen LogP) is 3.70. The van der Waals surface area contributed by atoms with E-state index in [1.165, 1.54) is 32.2 Å². The zero-order chi connectivity index (χ0) is 12.9. The van der Waals surface area contributed by atoms with E-state index in [9.17, 15) is 0 Å². The summed E-state index contributed by atoms with van der Waals surface area (Å²) in [4.78, 5) is 4.46. The Morgan fingerprint density at radius 1 is 1.26 bits per heavy atom. The van der Waals surface area contributed by atoms with Gasteiger partial charge in [-0.2, -0.15) is 0 Å². The van der Waals surface area contributed by atoms with Crippen molar-refractivity contribution in [2.45, 2.75) is 30.9 Å². The second kappa shape index (κ2) is 6.44. The van der Waals surface area contributed by atoms with Gasteiger partial charge < -0.3 is 9.73 Å². The lowest BCUT2D eigenvalue weighted by Gasteiger charge is -2.09. The van der Waals surface area contributed by atoms with Crippen molar-refractivity contribution in [3.05, 3.63) is 24.3 Å². The molecule has 0 aliphatic heterocycles. The molecule has 1 aliphatic carbocycles. The van der Waals surface area contributed by atoms with E-state index in [-0.39, 0.29) is 0 Å². The normalized spacial score (nSPS) is 16.4. The molecule has 3 rings (SSSR count). The van der Waals surface area contributed by atoms with Crippen molar-refractivity contribution in [3.8, 4) is 0 Å². The number of para-hydroxylation sites is 2. The Balaban J connectivity index is 1.39. The smallest absolute Gasteiger partial charge is 0.256 e. The van der Waals surface area contributed by atoms with Crippen LogP contribution in [0, 0.1) is 5.92 Å². The summed E-state index contributed by atoms with van der Waals surface area (Å²) >= 11 is 1.69. The van der Waals surface area contributed by atoms with Crippen LogP contribution in [0.1, 0.15) is 25.7 Å². The number of hydrogen-bond donors (Lipinski definition) is 1. The minimum atomic E-state index is 0.781. The van der Waals surface area contributed by atoms with Crippen LogP contribution in [-0.4, -0.2) is 23.8 Å². The van der Waals surface area contributed by atoms with Gasteiger partial charge in [-0.05, 0) is 37.4 Å². The molecule has 19 heavy (non-hydrogen) atoms. The molecule has 0 amide bonds. The van der Waals surface area contributed by atoms with Gasteiger partial charge in [0.1, 0.15) is 5.52 Å². The highest BCUT2D eigenvalue weighted by Crippen LogP contribution is 2.24. The van der Waals surface area contributed by atoms with Gasteiger partial charge in [0.05, 0.1) is 0 Å². The van der Waals surface area contributed by atoms with Crippen molar-refractivity contribution >= 4 is 22.9 Å². The zero-order valence-electron chi connectivity index (χ0n) is 11.1. The second-order valence-electron chi connectivity index (χ2n) is 5.15. The minimum Gasteiger partial charge on any atom is -0.431 e. The number of hydrogen-bond acceptors (Lipinski definition) is 4. The third-order valence-corrected chi connectivity index (χ3v) is 4.52. The highest BCUT2D eigenvalue weighted by molar-refractivity contribution is 7.99. The third kappa shape index (κ3) is 3.51. The van der Waals surface area contributed by atoms with E-state index in [4.69, 9.17) is 4.42 Å². The Hall–Kier alpha value is -1.00. The maximum atomic E-state index is 5.67. The van der Waals surface area contributed by atoms with Gasteiger partial charge in [0.25, 0.3) is 5.22 Å². The number of thioether (sulfide) groups is 1. The van der Waals surface area contributed by atoms with E-state index >= 15 is 0 Å². The van der Waals surface area contributed by atoms with E-state index < -0.39 is 0 Å². The Kier molecular flexibility index (Phi) is 4.41. The number of aromatic nitrogens is 1. The summed E-state index contributed by atoms with van der Waals surface area (Å²) in [6.45, 7) is 2.20. The van der Waals surface area contributed by atoms with Crippen LogP contribution in [0.3, 0.4) is 0 Å². The van der Waals surface area contributed by atoms with Gasteiger partial charge in [0.2, 0.25) is 0 Å². The molecule has 3 nitrogen and oxygen atoms in total. The van der Waals surface area contributed by atoms with Gasteiger partial charge in [-0.1, -0.05) is 36.7 Å². The number of benzene rings is 1. The molecule has 1 aliphatic rings. The molecule has 1 saturated carbocycles. The quantitative estimate of drug-likeness (QED) is 0.645. The fourth-order valence-corrected chi connectivity index (χ4v) is 3.38. The molecule has 1 N–H and O–H groups in total. The van der Waals surface area contributed by atoms with Crippen molar-refractivity contribution in [2.75, 3.05) is 18.8 Å². The summed E-state index contributed by atoms with van der Waals surface area (Å²) in [5.74, 6) is 1.92. The molecule has 0 spiro atoms. The molecular formula is C15H20N2OS. The lowest BCUT2D eigenvalue weighted by molar-refractivity contribution is 0.487. The Bertz CT molecular complexity index is 487. The minimum absolute atomic E-state index is 0.781. The highest BCUT2D eigenvalue weighted by Gasteiger charge is 2.13. The first-order valence-corrected chi connectivity index (χ1v) is 8.09. The Labute approximate surface area is 118 Å². The van der Waals surface area contributed by atoms with Crippen molar-refractivity contribution in [1.29, 1.82) is 0 Å². The molecule has 1 fully saturated rings. The van der Waals surface area contributed by atoms with Crippen LogP contribution in [0.15, 0.2) is 33.9 Å². The van der Waals surface area contributed by atoms with E-state index in [0.717, 1.165) is 34.5 Å². The first-order valence-electron chi connectivity index (χ1n) is 7.11. The van der Waals surface area contributed by atoms with Crippen LogP contribution >= 0.6 is 11.8 Å². The fourth-order valence-electron chi connectivity index (χ4n) is 2.64. The third-order valence-electron chi connectivity index (χ3n) is 3.69. The fraction of sp³-hybridized carbons (Fsp3) is 0.533. The molecule has 0 saturated heterocycles. The van der Waals surface area contributed by atoms with E-state index in [1.807, 2.05) is 24.3 Å². The van der Waals surface area contributed by atoms with Gasteiger partial charge in [-0.3, -0.25) is 0 Å². The molecule has 1 aromatic carbocycles. The molecular weight excluding hydrogens is 256 g/mol. The predicted molar refractivity (Wildman–Crippen MR) is 79.6 cm³/mol. The highest BCUT2D eigenvalue weighted by atomic mass is 32.2. The molecule has 0 unspecified atom stereocenters. The van der Waals surface area contributed by atoms with Crippen LogP contribution in [0.25, 0.3) is 11.1 Å². The molecule has 102 valence electrons. The number of nitrogens with one attached hydrogen (secondary N) is 1. The molecule has 0 radical (unpaired) electrons. The molecule has 2 aromatic rings. The van der Waals surface area contributed by atoms with Crippen LogP contribution in [0.5, 0.6) is 0 Å². The first-order chi connectivity index (χ1) is 9.42. The van der Waals surface area contributed by atoms with Gasteiger partial charge in [-0.25, -0.2) is 4.98 Å². The molecule has 0 bridgehead atoms.